The van der Waals surface area contributed by atoms with Crippen LogP contribution in [0.3, 0.4) is 0 Å². The molecule has 0 atom stereocenters. The number of hydrogen-bond donors (Lipinski definition) is 2. The fourth-order valence-electron chi connectivity index (χ4n) is 1.58. The number of para-hydroxylation sites is 1. The zero-order chi connectivity index (χ0) is 13.0. The van der Waals surface area contributed by atoms with Crippen molar-refractivity contribution in [2.45, 2.75) is 6.42 Å². The summed E-state index contributed by atoms with van der Waals surface area (Å²) in [5.74, 6) is 0.821. The van der Waals surface area contributed by atoms with Crippen molar-refractivity contribution in [1.82, 2.24) is 9.97 Å². The first-order valence-corrected chi connectivity index (χ1v) is 5.60. The van der Waals surface area contributed by atoms with Gasteiger partial charge in [-0.2, -0.15) is 0 Å². The molecule has 2 rings (SSSR count). The van der Waals surface area contributed by atoms with E-state index in [1.54, 1.807) is 6.20 Å². The van der Waals surface area contributed by atoms with Gasteiger partial charge in [0.15, 0.2) is 0 Å². The normalized spacial score (nSPS) is 11.7. The molecule has 1 heterocycles. The van der Waals surface area contributed by atoms with Crippen LogP contribution in [0.1, 0.15) is 6.42 Å². The van der Waals surface area contributed by atoms with Crippen molar-refractivity contribution in [2.75, 3.05) is 18.5 Å². The highest BCUT2D eigenvalue weighted by Crippen LogP contribution is 2.13. The Labute approximate surface area is 105 Å². The second-order valence-corrected chi connectivity index (χ2v) is 3.99. The molecule has 0 aliphatic carbocycles. The Morgan fingerprint density at radius 1 is 1.44 bits per heavy atom. The number of benzene rings is 1. The molecule has 94 valence electrons. The first kappa shape index (κ1) is 12.1. The molecule has 0 spiro atoms. The first-order valence-electron chi connectivity index (χ1n) is 5.60. The van der Waals surface area contributed by atoms with E-state index >= 15 is 0 Å². The van der Waals surface area contributed by atoms with E-state index in [0.717, 1.165) is 10.9 Å². The maximum absolute atomic E-state index is 8.47. The zero-order valence-electron chi connectivity index (χ0n) is 10.1. The number of hydrogen-bond acceptors (Lipinski definition) is 5. The van der Waals surface area contributed by atoms with Crippen molar-refractivity contribution in [1.29, 1.82) is 0 Å². The van der Waals surface area contributed by atoms with Crippen molar-refractivity contribution in [3.05, 3.63) is 30.5 Å². The summed E-state index contributed by atoms with van der Waals surface area (Å²) in [5.41, 5.74) is 6.32. The first-order chi connectivity index (χ1) is 8.70. The van der Waals surface area contributed by atoms with Gasteiger partial charge >= 0.3 is 0 Å². The summed E-state index contributed by atoms with van der Waals surface area (Å²) in [4.78, 5) is 10.6. The molecule has 0 aliphatic rings. The average molecular weight is 245 g/mol. The molecular weight excluding hydrogens is 230 g/mol. The lowest BCUT2D eigenvalue weighted by Crippen LogP contribution is -2.25. The van der Waals surface area contributed by atoms with Crippen LogP contribution in [0.25, 0.3) is 10.9 Å². The fourth-order valence-corrected chi connectivity index (χ4v) is 1.58. The van der Waals surface area contributed by atoms with E-state index < -0.39 is 0 Å². The van der Waals surface area contributed by atoms with Crippen LogP contribution in [-0.2, 0) is 0 Å². The van der Waals surface area contributed by atoms with Gasteiger partial charge in [0.05, 0.1) is 5.52 Å². The van der Waals surface area contributed by atoms with Crippen molar-refractivity contribution in [2.24, 2.45) is 10.9 Å². The average Bonchev–Trinajstić information content (AvgIpc) is 2.43. The molecule has 1 aromatic heterocycles. The molecule has 0 saturated carbocycles. The van der Waals surface area contributed by atoms with E-state index in [2.05, 4.69) is 15.1 Å². The van der Waals surface area contributed by atoms with E-state index in [9.17, 15) is 0 Å². The standard InChI is InChI=1S/C12H15N5O/c1-17(7-6-11(13)16-18)12-14-8-9-4-2-3-5-10(9)15-12/h2-5,8,18H,6-7H2,1H3,(H2,13,16). The summed E-state index contributed by atoms with van der Waals surface area (Å²) in [6.45, 7) is 0.592. The molecule has 0 amide bonds. The zero-order valence-corrected chi connectivity index (χ0v) is 10.1. The van der Waals surface area contributed by atoms with E-state index in [1.807, 2.05) is 36.2 Å². The Hall–Kier alpha value is -2.37. The topological polar surface area (TPSA) is 87.6 Å². The minimum Gasteiger partial charge on any atom is -0.409 e. The van der Waals surface area contributed by atoms with Crippen molar-refractivity contribution in [3.8, 4) is 0 Å². The molecule has 6 nitrogen and oxygen atoms in total. The molecule has 6 heteroatoms. The van der Waals surface area contributed by atoms with Gasteiger partial charge in [0.2, 0.25) is 5.95 Å². The van der Waals surface area contributed by atoms with Gasteiger partial charge in [0, 0.05) is 31.6 Å². The minimum atomic E-state index is 0.197. The molecule has 0 bridgehead atoms. The van der Waals surface area contributed by atoms with Gasteiger partial charge in [0.1, 0.15) is 5.84 Å². The van der Waals surface area contributed by atoms with Crippen LogP contribution in [0, 0.1) is 0 Å². The van der Waals surface area contributed by atoms with E-state index in [4.69, 9.17) is 10.9 Å². The van der Waals surface area contributed by atoms with Gasteiger partial charge < -0.3 is 15.8 Å². The third-order valence-electron chi connectivity index (χ3n) is 2.65. The number of nitrogens with zero attached hydrogens (tertiary/aromatic N) is 4. The quantitative estimate of drug-likeness (QED) is 0.366. The highest BCUT2D eigenvalue weighted by molar-refractivity contribution is 5.80. The van der Waals surface area contributed by atoms with Crippen LogP contribution in [-0.4, -0.2) is 34.6 Å². The van der Waals surface area contributed by atoms with Crippen LogP contribution in [0.4, 0.5) is 5.95 Å². The van der Waals surface area contributed by atoms with Crippen LogP contribution >= 0.6 is 0 Å². The lowest BCUT2D eigenvalue weighted by Gasteiger charge is -2.16. The predicted octanol–water partition coefficient (Wildman–Crippen LogP) is 1.20. The Bertz CT molecular complexity index is 569. The summed E-state index contributed by atoms with van der Waals surface area (Å²) >= 11 is 0. The summed E-state index contributed by atoms with van der Waals surface area (Å²) in [5, 5.41) is 12.4. The number of rotatable bonds is 4. The van der Waals surface area contributed by atoms with Gasteiger partial charge in [-0.05, 0) is 6.07 Å². The molecule has 1 aromatic carbocycles. The maximum Gasteiger partial charge on any atom is 0.225 e. The summed E-state index contributed by atoms with van der Waals surface area (Å²) in [7, 11) is 1.87. The van der Waals surface area contributed by atoms with E-state index in [1.165, 1.54) is 0 Å². The minimum absolute atomic E-state index is 0.197. The number of anilines is 1. The smallest absolute Gasteiger partial charge is 0.225 e. The number of oxime groups is 1. The van der Waals surface area contributed by atoms with E-state index in [-0.39, 0.29) is 5.84 Å². The monoisotopic (exact) mass is 245 g/mol. The van der Waals surface area contributed by atoms with Crippen molar-refractivity contribution in [3.63, 3.8) is 0 Å². The highest BCUT2D eigenvalue weighted by atomic mass is 16.4. The third-order valence-corrected chi connectivity index (χ3v) is 2.65. The Balaban J connectivity index is 2.15. The Morgan fingerprint density at radius 2 is 2.22 bits per heavy atom. The third kappa shape index (κ3) is 2.65. The second-order valence-electron chi connectivity index (χ2n) is 3.99. The maximum atomic E-state index is 8.47. The Kier molecular flexibility index (Phi) is 3.57. The molecule has 18 heavy (non-hydrogen) atoms. The predicted molar refractivity (Wildman–Crippen MR) is 70.8 cm³/mol. The molecule has 0 unspecified atom stereocenters. The lowest BCUT2D eigenvalue weighted by molar-refractivity contribution is 0.317. The highest BCUT2D eigenvalue weighted by Gasteiger charge is 2.06. The van der Waals surface area contributed by atoms with Crippen molar-refractivity contribution >= 4 is 22.7 Å². The van der Waals surface area contributed by atoms with Crippen LogP contribution in [0.5, 0.6) is 0 Å². The molecule has 0 saturated heterocycles. The molecular formula is C12H15N5O. The van der Waals surface area contributed by atoms with Gasteiger partial charge in [-0.25, -0.2) is 9.97 Å². The largest absolute Gasteiger partial charge is 0.409 e. The van der Waals surface area contributed by atoms with Crippen LogP contribution < -0.4 is 10.6 Å². The number of aromatic nitrogens is 2. The molecule has 2 aromatic rings. The number of amidine groups is 1. The molecule has 0 aliphatic heterocycles. The van der Waals surface area contributed by atoms with Crippen LogP contribution in [0.2, 0.25) is 0 Å². The van der Waals surface area contributed by atoms with E-state index in [0.29, 0.717) is 18.9 Å². The van der Waals surface area contributed by atoms with Gasteiger partial charge in [0.25, 0.3) is 0 Å². The van der Waals surface area contributed by atoms with Gasteiger partial charge in [-0.3, -0.25) is 0 Å². The molecule has 0 radical (unpaired) electrons. The summed E-state index contributed by atoms with van der Waals surface area (Å²) in [6, 6.07) is 7.80. The van der Waals surface area contributed by atoms with Crippen LogP contribution in [0.15, 0.2) is 35.6 Å². The van der Waals surface area contributed by atoms with Crippen molar-refractivity contribution < 1.29 is 5.21 Å². The Morgan fingerprint density at radius 3 is 3.00 bits per heavy atom. The SMILES string of the molecule is CN(CC/C(N)=N/O)c1ncc2ccccc2n1. The summed E-state index contributed by atoms with van der Waals surface area (Å²) < 4.78 is 0. The molecule has 0 fully saturated rings. The molecule has 3 N–H and O–H groups in total. The second kappa shape index (κ2) is 5.31. The number of fused-ring (bicyclic) bond motifs is 1. The summed E-state index contributed by atoms with van der Waals surface area (Å²) in [6.07, 6.45) is 2.25. The van der Waals surface area contributed by atoms with Gasteiger partial charge in [-0.1, -0.05) is 23.4 Å². The lowest BCUT2D eigenvalue weighted by atomic mass is 10.2. The fraction of sp³-hybridized carbons (Fsp3) is 0.250. The number of nitrogens with two attached hydrogens (primary N) is 1. The van der Waals surface area contributed by atoms with Gasteiger partial charge in [-0.15, -0.1) is 0 Å².